The molecule has 18 heavy (non-hydrogen) atoms. The third kappa shape index (κ3) is 3.01. The second kappa shape index (κ2) is 5.54. The lowest BCUT2D eigenvalue weighted by Gasteiger charge is -1.95. The molecule has 1 aromatic heterocycles. The van der Waals surface area contributed by atoms with Crippen LogP contribution in [0.25, 0.3) is 11.5 Å². The van der Waals surface area contributed by atoms with E-state index in [-0.39, 0.29) is 5.17 Å². The van der Waals surface area contributed by atoms with Crippen LogP contribution in [0.3, 0.4) is 0 Å². The first-order chi connectivity index (χ1) is 8.69. The van der Waals surface area contributed by atoms with Gasteiger partial charge in [-0.05, 0) is 19.1 Å². The van der Waals surface area contributed by atoms with Crippen LogP contribution in [0.5, 0.6) is 0 Å². The fraction of sp³-hybridized carbons (Fsp3) is 0.182. The Hall–Kier alpha value is -2.02. The van der Waals surface area contributed by atoms with Crippen LogP contribution in [-0.2, 0) is 5.75 Å². The van der Waals surface area contributed by atoms with Gasteiger partial charge >= 0.3 is 0 Å². The summed E-state index contributed by atoms with van der Waals surface area (Å²) in [4.78, 5) is 4.28. The first-order valence-corrected chi connectivity index (χ1v) is 6.23. The van der Waals surface area contributed by atoms with Crippen LogP contribution in [0, 0.1) is 6.92 Å². The molecule has 0 aliphatic heterocycles. The largest absolute Gasteiger partial charge is 0.377 e. The summed E-state index contributed by atoms with van der Waals surface area (Å²) >= 11 is 1.26. The monoisotopic (exact) mass is 263 g/mol. The summed E-state index contributed by atoms with van der Waals surface area (Å²) in [5.41, 5.74) is 7.50. The minimum Gasteiger partial charge on any atom is -0.377 e. The molecule has 0 spiro atoms. The molecule has 0 amide bonds. The molecule has 0 bridgehead atoms. The molecule has 0 saturated carbocycles. The molecule has 0 fully saturated rings. The average Bonchev–Trinajstić information content (AvgIpc) is 2.84. The van der Waals surface area contributed by atoms with E-state index in [1.807, 2.05) is 31.2 Å². The first kappa shape index (κ1) is 12.4. The molecule has 1 heterocycles. The highest BCUT2D eigenvalue weighted by Gasteiger charge is 2.09. The second-order valence-electron chi connectivity index (χ2n) is 3.64. The number of hydrogen-bond donors (Lipinski definition) is 2. The maximum Gasteiger partial charge on any atom is 0.257 e. The van der Waals surface area contributed by atoms with Gasteiger partial charge in [0.15, 0.2) is 11.0 Å². The van der Waals surface area contributed by atoms with Crippen molar-refractivity contribution in [1.82, 2.24) is 10.1 Å². The normalized spacial score (nSPS) is 11.7. The number of hydrogen-bond acceptors (Lipinski definition) is 6. The lowest BCUT2D eigenvalue weighted by Crippen LogP contribution is -2.09. The van der Waals surface area contributed by atoms with Crippen LogP contribution >= 0.6 is 11.8 Å². The zero-order chi connectivity index (χ0) is 13.0. The van der Waals surface area contributed by atoms with Gasteiger partial charge in [-0.25, -0.2) is 0 Å². The predicted molar refractivity (Wildman–Crippen MR) is 71.6 cm³/mol. The van der Waals surface area contributed by atoms with Crippen molar-refractivity contribution in [2.24, 2.45) is 16.7 Å². The number of aromatic nitrogens is 2. The van der Waals surface area contributed by atoms with Gasteiger partial charge in [-0.3, -0.25) is 0 Å². The molecule has 0 atom stereocenters. The van der Waals surface area contributed by atoms with Crippen LogP contribution in [0.2, 0.25) is 0 Å². The molecule has 94 valence electrons. The van der Waals surface area contributed by atoms with E-state index in [1.54, 1.807) is 0 Å². The Bertz CT molecular complexity index is 566. The molecule has 0 saturated heterocycles. The van der Waals surface area contributed by atoms with Crippen LogP contribution in [-0.4, -0.2) is 15.3 Å². The molecule has 0 aliphatic carbocycles. The zero-order valence-corrected chi connectivity index (χ0v) is 10.6. The van der Waals surface area contributed by atoms with Crippen molar-refractivity contribution in [1.29, 1.82) is 0 Å². The molecule has 4 N–H and O–H groups in total. The van der Waals surface area contributed by atoms with Crippen molar-refractivity contribution < 1.29 is 4.52 Å². The van der Waals surface area contributed by atoms with Gasteiger partial charge in [0.25, 0.3) is 5.89 Å². The maximum absolute atomic E-state index is 5.46. The van der Waals surface area contributed by atoms with E-state index in [0.29, 0.717) is 17.5 Å². The SMILES string of the molecule is Cc1cccc(-c2nc(CSC(N)=NN)no2)c1. The van der Waals surface area contributed by atoms with E-state index in [0.717, 1.165) is 11.1 Å². The van der Waals surface area contributed by atoms with Crippen molar-refractivity contribution in [2.45, 2.75) is 12.7 Å². The fourth-order valence-electron chi connectivity index (χ4n) is 1.38. The van der Waals surface area contributed by atoms with Gasteiger partial charge in [-0.2, -0.15) is 10.1 Å². The van der Waals surface area contributed by atoms with Gasteiger partial charge in [0.1, 0.15) is 0 Å². The molecule has 1 aromatic carbocycles. The Labute approximate surface area is 108 Å². The first-order valence-electron chi connectivity index (χ1n) is 5.25. The van der Waals surface area contributed by atoms with E-state index in [2.05, 4.69) is 15.2 Å². The van der Waals surface area contributed by atoms with E-state index in [1.165, 1.54) is 11.8 Å². The summed E-state index contributed by atoms with van der Waals surface area (Å²) in [5.74, 6) is 6.56. The second-order valence-corrected chi connectivity index (χ2v) is 4.64. The minimum absolute atomic E-state index is 0.289. The Balaban J connectivity index is 2.11. The van der Waals surface area contributed by atoms with E-state index in [9.17, 15) is 0 Å². The summed E-state index contributed by atoms with van der Waals surface area (Å²) in [5, 5.41) is 7.51. The number of amidine groups is 1. The van der Waals surface area contributed by atoms with E-state index in [4.69, 9.17) is 16.1 Å². The number of nitrogens with zero attached hydrogens (tertiary/aromatic N) is 3. The summed E-state index contributed by atoms with van der Waals surface area (Å²) < 4.78 is 5.19. The highest BCUT2D eigenvalue weighted by atomic mass is 32.2. The van der Waals surface area contributed by atoms with Gasteiger partial charge in [-0.15, -0.1) is 0 Å². The van der Waals surface area contributed by atoms with Crippen molar-refractivity contribution >= 4 is 16.9 Å². The molecule has 0 aliphatic rings. The predicted octanol–water partition coefficient (Wildman–Crippen LogP) is 1.47. The standard InChI is InChI=1S/C11H13N5OS/c1-7-3-2-4-8(5-7)10-14-9(16-17-10)6-18-11(12)15-13/h2-5H,6,13H2,1H3,(H2,12,15). The zero-order valence-electron chi connectivity index (χ0n) is 9.83. The third-order valence-electron chi connectivity index (χ3n) is 2.21. The lowest BCUT2D eigenvalue weighted by molar-refractivity contribution is 0.425. The van der Waals surface area contributed by atoms with Gasteiger partial charge in [-0.1, -0.05) is 34.6 Å². The molecule has 2 aromatic rings. The molecule has 6 nitrogen and oxygen atoms in total. The third-order valence-corrected chi connectivity index (χ3v) is 3.01. The Morgan fingerprint density at radius 3 is 3.06 bits per heavy atom. The number of aryl methyl sites for hydroxylation is 1. The van der Waals surface area contributed by atoms with E-state index < -0.39 is 0 Å². The Morgan fingerprint density at radius 2 is 2.33 bits per heavy atom. The van der Waals surface area contributed by atoms with Gasteiger partial charge in [0.2, 0.25) is 0 Å². The van der Waals surface area contributed by atoms with Crippen LogP contribution in [0.15, 0.2) is 33.9 Å². The molecular weight excluding hydrogens is 250 g/mol. The van der Waals surface area contributed by atoms with Gasteiger partial charge in [0, 0.05) is 5.56 Å². The van der Waals surface area contributed by atoms with Crippen LogP contribution < -0.4 is 11.6 Å². The minimum atomic E-state index is 0.289. The quantitative estimate of drug-likeness (QED) is 0.376. The van der Waals surface area contributed by atoms with Crippen molar-refractivity contribution in [3.05, 3.63) is 35.7 Å². The topological polar surface area (TPSA) is 103 Å². The van der Waals surface area contributed by atoms with Gasteiger partial charge in [0.05, 0.1) is 5.75 Å². The highest BCUT2D eigenvalue weighted by molar-refractivity contribution is 8.13. The van der Waals surface area contributed by atoms with Crippen LogP contribution in [0.1, 0.15) is 11.4 Å². The number of hydrazone groups is 1. The van der Waals surface area contributed by atoms with Gasteiger partial charge < -0.3 is 16.1 Å². The maximum atomic E-state index is 5.46. The summed E-state index contributed by atoms with van der Waals surface area (Å²) in [6.45, 7) is 2.01. The van der Waals surface area contributed by atoms with Crippen molar-refractivity contribution in [2.75, 3.05) is 0 Å². The summed E-state index contributed by atoms with van der Waals surface area (Å²) in [6, 6.07) is 7.87. The highest BCUT2D eigenvalue weighted by Crippen LogP contribution is 2.19. The van der Waals surface area contributed by atoms with E-state index >= 15 is 0 Å². The fourth-order valence-corrected chi connectivity index (χ4v) is 1.85. The number of rotatable bonds is 3. The molecule has 0 radical (unpaired) electrons. The lowest BCUT2D eigenvalue weighted by atomic mass is 10.1. The van der Waals surface area contributed by atoms with Crippen molar-refractivity contribution in [3.63, 3.8) is 0 Å². The number of nitrogens with two attached hydrogens (primary N) is 2. The molecule has 7 heteroatoms. The summed E-state index contributed by atoms with van der Waals surface area (Å²) in [7, 11) is 0. The molecule has 0 unspecified atom stereocenters. The average molecular weight is 263 g/mol. The smallest absolute Gasteiger partial charge is 0.257 e. The molecule has 2 rings (SSSR count). The number of benzene rings is 1. The van der Waals surface area contributed by atoms with Crippen LogP contribution in [0.4, 0.5) is 0 Å². The molecular formula is C11H13N5OS. The Morgan fingerprint density at radius 1 is 1.50 bits per heavy atom. The number of thioether (sulfide) groups is 1. The summed E-state index contributed by atoms with van der Waals surface area (Å²) in [6.07, 6.45) is 0. The van der Waals surface area contributed by atoms with Crippen molar-refractivity contribution in [3.8, 4) is 11.5 Å². The Kier molecular flexibility index (Phi) is 3.83.